The molecule has 5 nitrogen and oxygen atoms in total. The summed E-state index contributed by atoms with van der Waals surface area (Å²) in [7, 11) is 0. The van der Waals surface area contributed by atoms with E-state index in [1.165, 1.54) is 0 Å². The molecule has 110 valence electrons. The summed E-state index contributed by atoms with van der Waals surface area (Å²) in [5.41, 5.74) is 5.81. The van der Waals surface area contributed by atoms with Crippen LogP contribution in [0.3, 0.4) is 0 Å². The largest absolute Gasteiger partial charge is 0.376 e. The Labute approximate surface area is 115 Å². The second kappa shape index (κ2) is 7.22. The van der Waals surface area contributed by atoms with Gasteiger partial charge in [-0.2, -0.15) is 0 Å². The zero-order chi connectivity index (χ0) is 13.7. The zero-order valence-electron chi connectivity index (χ0n) is 11.9. The number of hydrogen-bond acceptors (Lipinski definition) is 4. The highest BCUT2D eigenvalue weighted by molar-refractivity contribution is 5.78. The number of carbonyl (C=O) groups is 1. The average Bonchev–Trinajstić information content (AvgIpc) is 2.91. The Balaban J connectivity index is 1.71. The predicted molar refractivity (Wildman–Crippen MR) is 74.8 cm³/mol. The fourth-order valence-corrected chi connectivity index (χ4v) is 3.03. The van der Waals surface area contributed by atoms with Crippen molar-refractivity contribution in [2.45, 2.75) is 44.8 Å². The monoisotopic (exact) mass is 269 g/mol. The third kappa shape index (κ3) is 4.44. The molecule has 0 aliphatic carbocycles. The average molecular weight is 269 g/mol. The maximum atomic E-state index is 12.0. The Hall–Kier alpha value is -0.650. The Morgan fingerprint density at radius 1 is 1.47 bits per heavy atom. The van der Waals surface area contributed by atoms with Crippen LogP contribution in [0.25, 0.3) is 0 Å². The summed E-state index contributed by atoms with van der Waals surface area (Å²) in [5.74, 6) is 0.822. The summed E-state index contributed by atoms with van der Waals surface area (Å²) in [6.45, 7) is 5.84. The highest BCUT2D eigenvalue weighted by Crippen LogP contribution is 2.21. The number of carbonyl (C=O) groups excluding carboxylic acids is 1. The van der Waals surface area contributed by atoms with Crippen LogP contribution in [0.2, 0.25) is 0 Å². The highest BCUT2D eigenvalue weighted by Gasteiger charge is 2.26. The Bertz CT molecular complexity index is 292. The highest BCUT2D eigenvalue weighted by atomic mass is 16.5. The van der Waals surface area contributed by atoms with Gasteiger partial charge < -0.3 is 15.8 Å². The lowest BCUT2D eigenvalue weighted by Crippen LogP contribution is -2.50. The van der Waals surface area contributed by atoms with E-state index in [1.54, 1.807) is 0 Å². The summed E-state index contributed by atoms with van der Waals surface area (Å²) < 4.78 is 5.50. The number of ether oxygens (including phenoxy) is 1. The first-order chi connectivity index (χ1) is 9.19. The number of nitrogens with two attached hydrogens (primary N) is 1. The second-order valence-corrected chi connectivity index (χ2v) is 5.93. The van der Waals surface area contributed by atoms with Gasteiger partial charge in [0.25, 0.3) is 0 Å². The number of nitrogens with one attached hydrogen (secondary N) is 1. The number of piperidine rings is 1. The lowest BCUT2D eigenvalue weighted by atomic mass is 9.92. The molecule has 0 bridgehead atoms. The molecule has 2 heterocycles. The fourth-order valence-electron chi connectivity index (χ4n) is 3.03. The van der Waals surface area contributed by atoms with Crippen molar-refractivity contribution in [2.75, 3.05) is 32.8 Å². The van der Waals surface area contributed by atoms with E-state index in [0.29, 0.717) is 25.7 Å². The summed E-state index contributed by atoms with van der Waals surface area (Å²) in [6.07, 6.45) is 4.66. The van der Waals surface area contributed by atoms with Crippen molar-refractivity contribution < 1.29 is 9.53 Å². The maximum absolute atomic E-state index is 12.0. The summed E-state index contributed by atoms with van der Waals surface area (Å²) in [5, 5.41) is 2.98. The van der Waals surface area contributed by atoms with Gasteiger partial charge in [-0.3, -0.25) is 9.69 Å². The maximum Gasteiger partial charge on any atom is 0.234 e. The van der Waals surface area contributed by atoms with Gasteiger partial charge in [-0.15, -0.1) is 0 Å². The minimum Gasteiger partial charge on any atom is -0.376 e. The van der Waals surface area contributed by atoms with E-state index in [2.05, 4.69) is 17.1 Å². The molecule has 19 heavy (non-hydrogen) atoms. The molecule has 0 aromatic carbocycles. The van der Waals surface area contributed by atoms with Crippen LogP contribution in [0, 0.1) is 5.92 Å². The van der Waals surface area contributed by atoms with Gasteiger partial charge in [-0.05, 0) is 38.1 Å². The Morgan fingerprint density at radius 2 is 2.32 bits per heavy atom. The van der Waals surface area contributed by atoms with E-state index in [4.69, 9.17) is 10.5 Å². The van der Waals surface area contributed by atoms with E-state index >= 15 is 0 Å². The first-order valence-corrected chi connectivity index (χ1v) is 7.51. The Kier molecular flexibility index (Phi) is 5.60. The molecule has 2 aliphatic heterocycles. The smallest absolute Gasteiger partial charge is 0.234 e. The van der Waals surface area contributed by atoms with Gasteiger partial charge in [0.15, 0.2) is 0 Å². The molecule has 3 N–H and O–H groups in total. The molecule has 2 saturated heterocycles. The summed E-state index contributed by atoms with van der Waals surface area (Å²) in [6, 6.07) is 0.359. The number of nitrogens with zero attached hydrogens (tertiary/aromatic N) is 1. The number of hydrogen-bond donors (Lipinski definition) is 2. The van der Waals surface area contributed by atoms with Crippen LogP contribution in [0.15, 0.2) is 0 Å². The molecule has 0 spiro atoms. The lowest BCUT2D eigenvalue weighted by Gasteiger charge is -2.37. The minimum absolute atomic E-state index is 0.100. The van der Waals surface area contributed by atoms with Gasteiger partial charge in [-0.25, -0.2) is 0 Å². The molecule has 0 radical (unpaired) electrons. The standard InChI is InChI=1S/C14H27N3O2/c1-11-4-5-17(12(7-11)8-15)10-14(18)16-9-13-3-2-6-19-13/h11-13H,2-10,15H2,1H3,(H,16,18). The first-order valence-electron chi connectivity index (χ1n) is 7.51. The molecule has 2 fully saturated rings. The molecule has 3 unspecified atom stereocenters. The van der Waals surface area contributed by atoms with Crippen LogP contribution < -0.4 is 11.1 Å². The van der Waals surface area contributed by atoms with E-state index in [0.717, 1.165) is 44.8 Å². The van der Waals surface area contributed by atoms with Crippen molar-refractivity contribution in [2.24, 2.45) is 11.7 Å². The van der Waals surface area contributed by atoms with Crippen LogP contribution in [0.4, 0.5) is 0 Å². The van der Waals surface area contributed by atoms with E-state index in [9.17, 15) is 4.79 Å². The molecule has 2 rings (SSSR count). The fraction of sp³-hybridized carbons (Fsp3) is 0.929. The molecule has 0 saturated carbocycles. The SMILES string of the molecule is CC1CCN(CC(=O)NCC2CCCO2)C(CN)C1. The van der Waals surface area contributed by atoms with Crippen LogP contribution >= 0.6 is 0 Å². The van der Waals surface area contributed by atoms with Gasteiger partial charge in [0.1, 0.15) is 0 Å². The van der Waals surface area contributed by atoms with E-state index < -0.39 is 0 Å². The van der Waals surface area contributed by atoms with E-state index in [1.807, 2.05) is 0 Å². The molecule has 3 atom stereocenters. The first kappa shape index (κ1) is 14.8. The molecular weight excluding hydrogens is 242 g/mol. The summed E-state index contributed by atoms with van der Waals surface area (Å²) in [4.78, 5) is 14.2. The predicted octanol–water partition coefficient (Wildman–Crippen LogP) is 0.341. The van der Waals surface area contributed by atoms with Gasteiger partial charge in [0.2, 0.25) is 5.91 Å². The second-order valence-electron chi connectivity index (χ2n) is 5.93. The van der Waals surface area contributed by atoms with Crippen molar-refractivity contribution >= 4 is 5.91 Å². The third-order valence-electron chi connectivity index (χ3n) is 4.27. The summed E-state index contributed by atoms with van der Waals surface area (Å²) >= 11 is 0. The van der Waals surface area contributed by atoms with Crippen molar-refractivity contribution in [3.05, 3.63) is 0 Å². The topological polar surface area (TPSA) is 67.6 Å². The van der Waals surface area contributed by atoms with Crippen LogP contribution in [0.1, 0.15) is 32.6 Å². The minimum atomic E-state index is 0.100. The van der Waals surface area contributed by atoms with Gasteiger partial charge in [-0.1, -0.05) is 6.92 Å². The third-order valence-corrected chi connectivity index (χ3v) is 4.27. The van der Waals surface area contributed by atoms with Gasteiger partial charge >= 0.3 is 0 Å². The van der Waals surface area contributed by atoms with Gasteiger partial charge in [0.05, 0.1) is 12.6 Å². The van der Waals surface area contributed by atoms with Crippen LogP contribution in [0.5, 0.6) is 0 Å². The van der Waals surface area contributed by atoms with Crippen molar-refractivity contribution in [3.63, 3.8) is 0 Å². The normalized spacial score (nSPS) is 32.4. The molecular formula is C14H27N3O2. The zero-order valence-corrected chi connectivity index (χ0v) is 11.9. The quantitative estimate of drug-likeness (QED) is 0.755. The number of rotatable bonds is 5. The van der Waals surface area contributed by atoms with Gasteiger partial charge in [0, 0.05) is 25.7 Å². The van der Waals surface area contributed by atoms with Crippen LogP contribution in [-0.2, 0) is 9.53 Å². The van der Waals surface area contributed by atoms with Crippen molar-refractivity contribution in [1.29, 1.82) is 0 Å². The molecule has 1 amide bonds. The lowest BCUT2D eigenvalue weighted by molar-refractivity contribution is -0.123. The number of likely N-dealkylation sites (tertiary alicyclic amines) is 1. The van der Waals surface area contributed by atoms with E-state index in [-0.39, 0.29) is 12.0 Å². The molecule has 0 aromatic rings. The molecule has 5 heteroatoms. The molecule has 0 aromatic heterocycles. The van der Waals surface area contributed by atoms with Crippen LogP contribution in [-0.4, -0.2) is 55.7 Å². The van der Waals surface area contributed by atoms with Crippen molar-refractivity contribution in [1.82, 2.24) is 10.2 Å². The Morgan fingerprint density at radius 3 is 3.00 bits per heavy atom. The molecule has 2 aliphatic rings. The van der Waals surface area contributed by atoms with Crippen molar-refractivity contribution in [3.8, 4) is 0 Å². The number of amides is 1.